The lowest BCUT2D eigenvalue weighted by atomic mass is 9.98. The summed E-state index contributed by atoms with van der Waals surface area (Å²) in [6.45, 7) is 8.51. The molecule has 0 saturated heterocycles. The molecular weight excluding hydrogens is 522 g/mol. The van der Waals surface area contributed by atoms with Crippen LogP contribution in [0.2, 0.25) is 0 Å². The largest absolute Gasteiger partial charge is 0.456 e. The van der Waals surface area contributed by atoms with Crippen molar-refractivity contribution in [3.63, 3.8) is 0 Å². The molecule has 3 aromatic carbocycles. The molecule has 212 valence electrons. The Hall–Kier alpha value is -4.78. The van der Waals surface area contributed by atoms with Gasteiger partial charge in [-0.05, 0) is 80.3 Å². The van der Waals surface area contributed by atoms with Gasteiger partial charge < -0.3 is 13.9 Å². The van der Waals surface area contributed by atoms with Gasteiger partial charge in [-0.25, -0.2) is 19.7 Å². The molecule has 0 atom stereocenters. The van der Waals surface area contributed by atoms with Crippen molar-refractivity contribution >= 4 is 28.2 Å². The Bertz CT molecular complexity index is 1910. The first-order chi connectivity index (χ1) is 20.2. The normalized spacial score (nSPS) is 11.8. The summed E-state index contributed by atoms with van der Waals surface area (Å²) in [6, 6.07) is 26.3. The number of aromatic nitrogens is 5. The maximum atomic E-state index is 12.9. The number of imidazole rings is 2. The highest BCUT2D eigenvalue weighted by Gasteiger charge is 2.21. The van der Waals surface area contributed by atoms with Crippen LogP contribution in [0, 0.1) is 0 Å². The van der Waals surface area contributed by atoms with E-state index in [9.17, 15) is 4.79 Å². The van der Waals surface area contributed by atoms with Crippen molar-refractivity contribution in [3.05, 3.63) is 102 Å². The summed E-state index contributed by atoms with van der Waals surface area (Å²) in [5.41, 5.74) is 7.82. The number of pyridine rings is 1. The molecule has 6 aromatic rings. The third kappa shape index (κ3) is 5.30. The van der Waals surface area contributed by atoms with Gasteiger partial charge in [0.05, 0.1) is 16.6 Å². The van der Waals surface area contributed by atoms with Crippen molar-refractivity contribution < 1.29 is 9.53 Å². The predicted molar refractivity (Wildman–Crippen MR) is 167 cm³/mol. The van der Waals surface area contributed by atoms with Gasteiger partial charge in [-0.15, -0.1) is 0 Å². The molecule has 7 nitrogen and oxygen atoms in total. The van der Waals surface area contributed by atoms with E-state index in [1.807, 2.05) is 68.8 Å². The average Bonchev–Trinajstić information content (AvgIpc) is 3.49. The van der Waals surface area contributed by atoms with E-state index in [1.54, 1.807) is 6.20 Å². The number of fused-ring (bicyclic) bond motifs is 2. The first-order valence-corrected chi connectivity index (χ1v) is 14.4. The molecule has 3 aromatic heterocycles. The second-order valence-corrected chi connectivity index (χ2v) is 11.7. The minimum absolute atomic E-state index is 0.316. The van der Waals surface area contributed by atoms with Crippen LogP contribution in [0.1, 0.15) is 55.9 Å². The van der Waals surface area contributed by atoms with Gasteiger partial charge in [0, 0.05) is 31.8 Å². The van der Waals surface area contributed by atoms with Crippen molar-refractivity contribution in [1.82, 2.24) is 24.1 Å². The van der Waals surface area contributed by atoms with Crippen molar-refractivity contribution in [2.75, 3.05) is 0 Å². The monoisotopic (exact) mass is 557 g/mol. The second kappa shape index (κ2) is 10.9. The molecule has 42 heavy (non-hydrogen) atoms. The third-order valence-corrected chi connectivity index (χ3v) is 7.34. The van der Waals surface area contributed by atoms with E-state index in [1.165, 1.54) is 0 Å². The molecule has 0 fully saturated rings. The van der Waals surface area contributed by atoms with Crippen LogP contribution in [0.25, 0.3) is 44.7 Å². The average molecular weight is 558 g/mol. The summed E-state index contributed by atoms with van der Waals surface area (Å²) in [5, 5.41) is 0. The van der Waals surface area contributed by atoms with E-state index >= 15 is 0 Å². The lowest BCUT2D eigenvalue weighted by Gasteiger charge is -2.20. The van der Waals surface area contributed by atoms with Gasteiger partial charge in [0.25, 0.3) is 0 Å². The predicted octanol–water partition coefficient (Wildman–Crippen LogP) is 7.61. The van der Waals surface area contributed by atoms with Crippen LogP contribution in [-0.4, -0.2) is 35.7 Å². The van der Waals surface area contributed by atoms with E-state index in [4.69, 9.17) is 14.7 Å². The first kappa shape index (κ1) is 27.4. The molecule has 7 heteroatoms. The van der Waals surface area contributed by atoms with Crippen LogP contribution in [0.3, 0.4) is 0 Å². The number of carbonyl (C=O) groups excluding carboxylic acids is 1. The van der Waals surface area contributed by atoms with E-state index in [-0.39, 0.29) is 5.97 Å². The fraction of sp³-hybridized carbons (Fsp3) is 0.257. The summed E-state index contributed by atoms with van der Waals surface area (Å²) in [6.07, 6.45) is 3.69. The van der Waals surface area contributed by atoms with Crippen LogP contribution in [0.15, 0.2) is 85.1 Å². The number of aryl methyl sites for hydroxylation is 2. The molecule has 0 aliphatic rings. The van der Waals surface area contributed by atoms with Crippen molar-refractivity contribution in [3.8, 4) is 22.5 Å². The van der Waals surface area contributed by atoms with Gasteiger partial charge in [-0.3, -0.25) is 0 Å². The van der Waals surface area contributed by atoms with E-state index < -0.39 is 5.60 Å². The summed E-state index contributed by atoms with van der Waals surface area (Å²) >= 11 is 0. The molecule has 0 bridgehead atoms. The van der Waals surface area contributed by atoms with Gasteiger partial charge in [-0.2, -0.15) is 0 Å². The van der Waals surface area contributed by atoms with Gasteiger partial charge in [0.1, 0.15) is 22.8 Å². The number of esters is 1. The Balaban J connectivity index is 1.34. The zero-order chi connectivity index (χ0) is 29.4. The summed E-state index contributed by atoms with van der Waals surface area (Å²) in [4.78, 5) is 27.3. The Morgan fingerprint density at radius 2 is 1.64 bits per heavy atom. The Morgan fingerprint density at radius 1 is 0.881 bits per heavy atom. The highest BCUT2D eigenvalue weighted by molar-refractivity contribution is 5.97. The van der Waals surface area contributed by atoms with Gasteiger partial charge in [0.2, 0.25) is 0 Å². The molecular formula is C35H35N5O2. The molecule has 0 radical (unpaired) electrons. The molecule has 0 spiro atoms. The minimum Gasteiger partial charge on any atom is -0.456 e. The lowest BCUT2D eigenvalue weighted by Crippen LogP contribution is -2.24. The fourth-order valence-corrected chi connectivity index (χ4v) is 5.40. The van der Waals surface area contributed by atoms with E-state index in [0.717, 1.165) is 68.9 Å². The molecule has 0 saturated carbocycles. The topological polar surface area (TPSA) is 74.8 Å². The van der Waals surface area contributed by atoms with Crippen LogP contribution < -0.4 is 0 Å². The maximum Gasteiger partial charge on any atom is 0.339 e. The van der Waals surface area contributed by atoms with E-state index in [0.29, 0.717) is 12.1 Å². The van der Waals surface area contributed by atoms with Crippen molar-refractivity contribution in [2.45, 2.75) is 52.7 Å². The van der Waals surface area contributed by atoms with Crippen molar-refractivity contribution in [2.24, 2.45) is 7.05 Å². The van der Waals surface area contributed by atoms with Crippen molar-refractivity contribution in [1.29, 1.82) is 0 Å². The number of rotatable bonds is 7. The second-order valence-electron chi connectivity index (χ2n) is 11.7. The highest BCUT2D eigenvalue weighted by Crippen LogP contribution is 2.29. The maximum absolute atomic E-state index is 12.9. The first-order valence-electron chi connectivity index (χ1n) is 14.4. The molecule has 0 unspecified atom stereocenters. The number of carbonyl (C=O) groups is 1. The molecule has 6 rings (SSSR count). The zero-order valence-electron chi connectivity index (χ0n) is 24.8. The molecule has 0 aliphatic heterocycles. The van der Waals surface area contributed by atoms with Gasteiger partial charge >= 0.3 is 5.97 Å². The SMILES string of the molecule is CCCc1nc2ccc(-c3nc4cccnc4n3C)cc2n1Cc1ccc(-c2ccccc2C(=O)OC(C)(C)C)cc1. The Labute approximate surface area is 245 Å². The number of hydrogen-bond acceptors (Lipinski definition) is 5. The number of hydrogen-bond donors (Lipinski definition) is 0. The van der Waals surface area contributed by atoms with E-state index in [2.05, 4.69) is 58.9 Å². The number of nitrogens with zero attached hydrogens (tertiary/aromatic N) is 5. The minimum atomic E-state index is -0.557. The lowest BCUT2D eigenvalue weighted by molar-refractivity contribution is 0.00704. The molecule has 0 amide bonds. The summed E-state index contributed by atoms with van der Waals surface area (Å²) in [7, 11) is 2.00. The number of benzene rings is 3. The van der Waals surface area contributed by atoms with Gasteiger partial charge in [0.15, 0.2) is 5.65 Å². The summed E-state index contributed by atoms with van der Waals surface area (Å²) in [5.74, 6) is 1.63. The molecule has 0 aliphatic carbocycles. The van der Waals surface area contributed by atoms with Crippen LogP contribution in [0.4, 0.5) is 0 Å². The highest BCUT2D eigenvalue weighted by atomic mass is 16.6. The quantitative estimate of drug-likeness (QED) is 0.189. The molecule has 3 heterocycles. The molecule has 0 N–H and O–H groups in total. The fourth-order valence-electron chi connectivity index (χ4n) is 5.40. The van der Waals surface area contributed by atoms with Crippen LogP contribution >= 0.6 is 0 Å². The summed E-state index contributed by atoms with van der Waals surface area (Å²) < 4.78 is 10.0. The number of ether oxygens (including phenoxy) is 1. The van der Waals surface area contributed by atoms with Crippen LogP contribution in [-0.2, 0) is 24.8 Å². The van der Waals surface area contributed by atoms with Gasteiger partial charge in [-0.1, -0.05) is 49.4 Å². The Morgan fingerprint density at radius 3 is 2.38 bits per heavy atom. The zero-order valence-corrected chi connectivity index (χ0v) is 24.8. The standard InChI is InChI=1S/C35H35N5O2/c1-6-10-31-37-28-19-18-25(32-38-29-13-9-20-36-33(29)39(32)5)21-30(28)40(31)22-23-14-16-24(17-15-23)26-11-7-8-12-27(26)34(41)42-35(2,3)4/h7-9,11-21H,6,10,22H2,1-5H3. The van der Waals surface area contributed by atoms with Crippen LogP contribution in [0.5, 0.6) is 0 Å². The Kier molecular flexibility index (Phi) is 7.11. The smallest absolute Gasteiger partial charge is 0.339 e. The third-order valence-electron chi connectivity index (χ3n) is 7.34.